The molecule has 0 radical (unpaired) electrons. The van der Waals surface area contributed by atoms with Gasteiger partial charge in [0.1, 0.15) is 12.1 Å². The zero-order valence-electron chi connectivity index (χ0n) is 16.5. The molecular weight excluding hydrogens is 366 g/mol. The Morgan fingerprint density at radius 3 is 2.83 bits per heavy atom. The van der Waals surface area contributed by atoms with E-state index in [2.05, 4.69) is 17.1 Å². The van der Waals surface area contributed by atoms with Crippen LogP contribution in [0.5, 0.6) is 0 Å². The van der Waals surface area contributed by atoms with Crippen LogP contribution in [0.4, 0.5) is 4.79 Å². The van der Waals surface area contributed by atoms with Crippen molar-refractivity contribution in [3.8, 4) is 0 Å². The van der Waals surface area contributed by atoms with Crippen molar-refractivity contribution < 1.29 is 14.3 Å². The molecule has 3 heterocycles. The van der Waals surface area contributed by atoms with Crippen molar-refractivity contribution in [3.05, 3.63) is 65.0 Å². The number of fused-ring (bicyclic) bond motifs is 2. The second kappa shape index (κ2) is 7.17. The summed E-state index contributed by atoms with van der Waals surface area (Å²) in [4.78, 5) is 33.8. The summed E-state index contributed by atoms with van der Waals surface area (Å²) in [6.07, 6.45) is 6.45. The van der Waals surface area contributed by atoms with E-state index in [-0.39, 0.29) is 12.0 Å². The number of ether oxygens (including phenoxy) is 1. The summed E-state index contributed by atoms with van der Waals surface area (Å²) in [7, 11) is 0. The fraction of sp³-hybridized carbons (Fsp3) is 0.435. The standard InChI is InChI=1S/C23H25N3O3/c27-21(19-12-18-8-4-5-9-20(18)24-14-19)25-10-11-26-22(28)29-16-23(26,15-25)13-17-6-2-1-3-7-17/h1-3,6-7,12,14H,4-5,8-11,13,15-16H2. The van der Waals surface area contributed by atoms with Gasteiger partial charge in [0.25, 0.3) is 5.91 Å². The van der Waals surface area contributed by atoms with Crippen LogP contribution in [0.1, 0.15) is 40.0 Å². The lowest BCUT2D eigenvalue weighted by Crippen LogP contribution is -2.63. The van der Waals surface area contributed by atoms with Gasteiger partial charge in [-0.3, -0.25) is 14.7 Å². The molecule has 6 heteroatoms. The summed E-state index contributed by atoms with van der Waals surface area (Å²) in [5, 5.41) is 0. The summed E-state index contributed by atoms with van der Waals surface area (Å²) in [6.45, 7) is 1.80. The van der Waals surface area contributed by atoms with Crippen molar-refractivity contribution in [2.45, 2.75) is 37.6 Å². The molecule has 1 aromatic heterocycles. The lowest BCUT2D eigenvalue weighted by atomic mass is 9.88. The molecule has 2 amide bonds. The van der Waals surface area contributed by atoms with Gasteiger partial charge in [0.05, 0.1) is 5.56 Å². The highest BCUT2D eigenvalue weighted by atomic mass is 16.6. The van der Waals surface area contributed by atoms with Gasteiger partial charge in [-0.05, 0) is 42.9 Å². The zero-order chi connectivity index (χ0) is 19.8. The Balaban J connectivity index is 1.40. The molecule has 3 aliphatic rings. The van der Waals surface area contributed by atoms with Crippen molar-refractivity contribution in [2.24, 2.45) is 0 Å². The summed E-state index contributed by atoms with van der Waals surface area (Å²) in [6, 6.07) is 12.1. The molecule has 0 saturated carbocycles. The van der Waals surface area contributed by atoms with Crippen LogP contribution in [-0.4, -0.2) is 58.6 Å². The van der Waals surface area contributed by atoms with Crippen molar-refractivity contribution >= 4 is 12.0 Å². The number of pyridine rings is 1. The maximum Gasteiger partial charge on any atom is 0.410 e. The maximum atomic E-state index is 13.3. The topological polar surface area (TPSA) is 62.7 Å². The van der Waals surface area contributed by atoms with Gasteiger partial charge in [-0.25, -0.2) is 4.79 Å². The molecule has 1 aliphatic carbocycles. The van der Waals surface area contributed by atoms with Crippen LogP contribution in [0.25, 0.3) is 0 Å². The van der Waals surface area contributed by atoms with Crippen LogP contribution in [0.15, 0.2) is 42.6 Å². The van der Waals surface area contributed by atoms with E-state index in [4.69, 9.17) is 4.74 Å². The molecule has 1 unspecified atom stereocenters. The number of hydrogen-bond donors (Lipinski definition) is 0. The number of benzene rings is 1. The highest BCUT2D eigenvalue weighted by molar-refractivity contribution is 5.94. The Kier molecular flexibility index (Phi) is 4.49. The largest absolute Gasteiger partial charge is 0.447 e. The first-order chi connectivity index (χ1) is 14.1. The Bertz CT molecular complexity index is 946. The van der Waals surface area contributed by atoms with E-state index < -0.39 is 5.54 Å². The van der Waals surface area contributed by atoms with Crippen LogP contribution in [-0.2, 0) is 24.0 Å². The third-order valence-corrected chi connectivity index (χ3v) is 6.42. The molecule has 2 aliphatic heterocycles. The van der Waals surface area contributed by atoms with E-state index >= 15 is 0 Å². The molecule has 0 spiro atoms. The first-order valence-electron chi connectivity index (χ1n) is 10.4. The molecule has 2 aromatic rings. The molecule has 1 aromatic carbocycles. The van der Waals surface area contributed by atoms with Crippen molar-refractivity contribution in [1.29, 1.82) is 0 Å². The van der Waals surface area contributed by atoms with E-state index in [1.807, 2.05) is 34.1 Å². The van der Waals surface area contributed by atoms with Gasteiger partial charge >= 0.3 is 6.09 Å². The van der Waals surface area contributed by atoms with Crippen molar-refractivity contribution in [2.75, 3.05) is 26.2 Å². The first-order valence-corrected chi connectivity index (χ1v) is 10.4. The van der Waals surface area contributed by atoms with E-state index in [0.29, 0.717) is 38.2 Å². The van der Waals surface area contributed by atoms with E-state index in [1.165, 1.54) is 12.0 Å². The number of amides is 2. The average Bonchev–Trinajstić information content (AvgIpc) is 3.09. The molecule has 6 nitrogen and oxygen atoms in total. The third kappa shape index (κ3) is 3.26. The average molecular weight is 391 g/mol. The van der Waals surface area contributed by atoms with Crippen LogP contribution < -0.4 is 0 Å². The molecular formula is C23H25N3O3. The highest BCUT2D eigenvalue weighted by Crippen LogP contribution is 2.33. The Labute approximate surface area is 170 Å². The SMILES string of the molecule is O=C(c1cnc2c(c1)CCCC2)N1CCN2C(=O)OCC2(Cc2ccccc2)C1. The number of rotatable bonds is 3. The van der Waals surface area contributed by atoms with Gasteiger partial charge < -0.3 is 9.64 Å². The van der Waals surface area contributed by atoms with Gasteiger partial charge in [-0.15, -0.1) is 0 Å². The number of piperazine rings is 1. The Morgan fingerprint density at radius 1 is 1.14 bits per heavy atom. The quantitative estimate of drug-likeness (QED) is 0.807. The zero-order valence-corrected chi connectivity index (χ0v) is 16.5. The fourth-order valence-corrected chi connectivity index (χ4v) is 4.90. The summed E-state index contributed by atoms with van der Waals surface area (Å²) in [5.74, 6) is -0.00249. The van der Waals surface area contributed by atoms with Gasteiger partial charge in [0.15, 0.2) is 0 Å². The second-order valence-electron chi connectivity index (χ2n) is 8.36. The van der Waals surface area contributed by atoms with E-state index in [9.17, 15) is 9.59 Å². The maximum absolute atomic E-state index is 13.3. The van der Waals surface area contributed by atoms with Gasteiger partial charge in [0, 0.05) is 37.9 Å². The highest BCUT2D eigenvalue weighted by Gasteiger charge is 2.51. The molecule has 0 bridgehead atoms. The van der Waals surface area contributed by atoms with Gasteiger partial charge in [0.2, 0.25) is 0 Å². The molecule has 2 fully saturated rings. The van der Waals surface area contributed by atoms with Crippen LogP contribution in [0.3, 0.4) is 0 Å². The number of cyclic esters (lactones) is 1. The van der Waals surface area contributed by atoms with E-state index in [0.717, 1.165) is 30.5 Å². The predicted octanol–water partition coefficient (Wildman–Crippen LogP) is 2.85. The summed E-state index contributed by atoms with van der Waals surface area (Å²) in [5.41, 5.74) is 3.63. The Hall–Kier alpha value is -2.89. The molecule has 150 valence electrons. The number of carbonyl (C=O) groups is 2. The monoisotopic (exact) mass is 391 g/mol. The van der Waals surface area contributed by atoms with Gasteiger partial charge in [-0.2, -0.15) is 0 Å². The van der Waals surface area contributed by atoms with E-state index in [1.54, 1.807) is 6.20 Å². The summed E-state index contributed by atoms with van der Waals surface area (Å²) < 4.78 is 5.42. The number of aromatic nitrogens is 1. The van der Waals surface area contributed by atoms with Crippen molar-refractivity contribution in [3.63, 3.8) is 0 Å². The minimum atomic E-state index is -0.506. The normalized spacial score (nSPS) is 23.4. The van der Waals surface area contributed by atoms with Crippen LogP contribution in [0.2, 0.25) is 0 Å². The molecule has 1 atom stereocenters. The minimum Gasteiger partial charge on any atom is -0.447 e. The number of aryl methyl sites for hydroxylation is 2. The predicted molar refractivity (Wildman–Crippen MR) is 108 cm³/mol. The number of nitrogens with zero attached hydrogens (tertiary/aromatic N) is 3. The number of carbonyl (C=O) groups excluding carboxylic acids is 2. The lowest BCUT2D eigenvalue weighted by molar-refractivity contribution is 0.0375. The molecule has 5 rings (SSSR count). The third-order valence-electron chi connectivity index (χ3n) is 6.42. The Morgan fingerprint density at radius 2 is 1.97 bits per heavy atom. The first kappa shape index (κ1) is 18.2. The molecule has 0 N–H and O–H groups in total. The van der Waals surface area contributed by atoms with Gasteiger partial charge in [-0.1, -0.05) is 30.3 Å². The lowest BCUT2D eigenvalue weighted by Gasteiger charge is -2.44. The smallest absolute Gasteiger partial charge is 0.410 e. The van der Waals surface area contributed by atoms with Crippen LogP contribution in [0, 0.1) is 0 Å². The number of hydrogen-bond acceptors (Lipinski definition) is 4. The molecule has 2 saturated heterocycles. The minimum absolute atomic E-state index is 0.00249. The van der Waals surface area contributed by atoms with Crippen LogP contribution >= 0.6 is 0 Å². The van der Waals surface area contributed by atoms with Crippen molar-refractivity contribution in [1.82, 2.24) is 14.8 Å². The fourth-order valence-electron chi connectivity index (χ4n) is 4.90. The second-order valence-corrected chi connectivity index (χ2v) is 8.36. The molecule has 29 heavy (non-hydrogen) atoms. The summed E-state index contributed by atoms with van der Waals surface area (Å²) >= 11 is 0.